The SMILES string of the molecule is Fc1ccccc1-c1cnc(CNCC2CCCO2)s1. The normalized spacial score (nSPS) is 18.6. The zero-order chi connectivity index (χ0) is 13.8. The lowest BCUT2D eigenvalue weighted by Gasteiger charge is -2.09. The van der Waals surface area contributed by atoms with Crippen LogP contribution in [0.2, 0.25) is 0 Å². The average molecular weight is 292 g/mol. The molecule has 1 N–H and O–H groups in total. The van der Waals surface area contributed by atoms with E-state index in [0.717, 1.165) is 35.9 Å². The Bertz CT molecular complexity index is 567. The van der Waals surface area contributed by atoms with Crippen molar-refractivity contribution in [2.24, 2.45) is 0 Å². The zero-order valence-corrected chi connectivity index (χ0v) is 12.0. The Morgan fingerprint density at radius 2 is 2.30 bits per heavy atom. The fourth-order valence-corrected chi connectivity index (χ4v) is 3.24. The van der Waals surface area contributed by atoms with Crippen molar-refractivity contribution in [3.63, 3.8) is 0 Å². The van der Waals surface area contributed by atoms with E-state index in [9.17, 15) is 4.39 Å². The maximum Gasteiger partial charge on any atom is 0.131 e. The van der Waals surface area contributed by atoms with Crippen molar-refractivity contribution < 1.29 is 9.13 Å². The standard InChI is InChI=1S/C15H17FN2OS/c16-13-6-2-1-5-12(13)14-9-18-15(20-14)10-17-8-11-4-3-7-19-11/h1-2,5-6,9,11,17H,3-4,7-8,10H2. The third kappa shape index (κ3) is 3.23. The van der Waals surface area contributed by atoms with Crippen LogP contribution in [-0.2, 0) is 11.3 Å². The van der Waals surface area contributed by atoms with Crippen LogP contribution in [0.1, 0.15) is 17.8 Å². The van der Waals surface area contributed by atoms with Crippen LogP contribution < -0.4 is 5.32 Å². The van der Waals surface area contributed by atoms with Gasteiger partial charge in [0, 0.05) is 31.5 Å². The summed E-state index contributed by atoms with van der Waals surface area (Å²) in [7, 11) is 0. The molecule has 1 atom stereocenters. The minimum absolute atomic E-state index is 0.199. The highest BCUT2D eigenvalue weighted by Crippen LogP contribution is 2.28. The molecule has 106 valence electrons. The van der Waals surface area contributed by atoms with E-state index in [1.165, 1.54) is 17.4 Å². The number of rotatable bonds is 5. The van der Waals surface area contributed by atoms with Crippen molar-refractivity contribution in [2.75, 3.05) is 13.2 Å². The molecule has 0 saturated carbocycles. The molecule has 2 heterocycles. The highest BCUT2D eigenvalue weighted by atomic mass is 32.1. The second kappa shape index (κ2) is 6.43. The van der Waals surface area contributed by atoms with Gasteiger partial charge in [0.05, 0.1) is 11.0 Å². The van der Waals surface area contributed by atoms with Crippen LogP contribution in [0.15, 0.2) is 30.5 Å². The smallest absolute Gasteiger partial charge is 0.131 e. The van der Waals surface area contributed by atoms with Crippen LogP contribution in [-0.4, -0.2) is 24.2 Å². The molecule has 0 radical (unpaired) electrons. The van der Waals surface area contributed by atoms with Crippen LogP contribution in [0.3, 0.4) is 0 Å². The number of nitrogens with one attached hydrogen (secondary N) is 1. The minimum atomic E-state index is -0.199. The first-order valence-electron chi connectivity index (χ1n) is 6.85. The Morgan fingerprint density at radius 3 is 3.10 bits per heavy atom. The van der Waals surface area contributed by atoms with E-state index >= 15 is 0 Å². The molecule has 1 aromatic heterocycles. The van der Waals surface area contributed by atoms with Crippen LogP contribution in [0.25, 0.3) is 10.4 Å². The van der Waals surface area contributed by atoms with Gasteiger partial charge in [-0.3, -0.25) is 0 Å². The van der Waals surface area contributed by atoms with Gasteiger partial charge in [-0.2, -0.15) is 0 Å². The van der Waals surface area contributed by atoms with E-state index in [-0.39, 0.29) is 5.82 Å². The fraction of sp³-hybridized carbons (Fsp3) is 0.400. The molecule has 20 heavy (non-hydrogen) atoms. The van der Waals surface area contributed by atoms with Crippen LogP contribution in [0.4, 0.5) is 4.39 Å². The van der Waals surface area contributed by atoms with E-state index in [2.05, 4.69) is 10.3 Å². The Morgan fingerprint density at radius 1 is 1.40 bits per heavy atom. The molecule has 3 rings (SSSR count). The van der Waals surface area contributed by atoms with E-state index in [0.29, 0.717) is 18.2 Å². The first-order chi connectivity index (χ1) is 9.83. The molecule has 1 unspecified atom stereocenters. The monoisotopic (exact) mass is 292 g/mol. The van der Waals surface area contributed by atoms with Gasteiger partial charge in [0.2, 0.25) is 0 Å². The Labute approximate surface area is 121 Å². The number of ether oxygens (including phenoxy) is 1. The Kier molecular flexibility index (Phi) is 4.40. The lowest BCUT2D eigenvalue weighted by molar-refractivity contribution is 0.110. The van der Waals surface area contributed by atoms with Crippen molar-refractivity contribution in [3.8, 4) is 10.4 Å². The Hall–Kier alpha value is -1.30. The summed E-state index contributed by atoms with van der Waals surface area (Å²) in [4.78, 5) is 5.22. The number of hydrogen-bond acceptors (Lipinski definition) is 4. The maximum absolute atomic E-state index is 13.7. The minimum Gasteiger partial charge on any atom is -0.377 e. The highest BCUT2D eigenvalue weighted by Gasteiger charge is 2.15. The predicted octanol–water partition coefficient (Wildman–Crippen LogP) is 3.22. The number of aromatic nitrogens is 1. The van der Waals surface area contributed by atoms with E-state index < -0.39 is 0 Å². The van der Waals surface area contributed by atoms with Gasteiger partial charge in [-0.05, 0) is 18.9 Å². The summed E-state index contributed by atoms with van der Waals surface area (Å²) >= 11 is 1.53. The largest absolute Gasteiger partial charge is 0.377 e. The number of thiazole rings is 1. The second-order valence-corrected chi connectivity index (χ2v) is 5.98. The highest BCUT2D eigenvalue weighted by molar-refractivity contribution is 7.15. The van der Waals surface area contributed by atoms with E-state index in [4.69, 9.17) is 4.74 Å². The second-order valence-electron chi connectivity index (χ2n) is 4.86. The number of nitrogens with zero attached hydrogens (tertiary/aromatic N) is 1. The van der Waals surface area contributed by atoms with Gasteiger partial charge < -0.3 is 10.1 Å². The summed E-state index contributed by atoms with van der Waals surface area (Å²) < 4.78 is 19.2. The number of benzene rings is 1. The molecule has 1 aliphatic heterocycles. The third-order valence-electron chi connectivity index (χ3n) is 3.37. The van der Waals surface area contributed by atoms with Crippen LogP contribution >= 0.6 is 11.3 Å². The van der Waals surface area contributed by atoms with Crippen molar-refractivity contribution in [1.29, 1.82) is 0 Å². The molecule has 0 spiro atoms. The molecule has 1 saturated heterocycles. The fourth-order valence-electron chi connectivity index (χ4n) is 2.32. The molecule has 3 nitrogen and oxygen atoms in total. The molecule has 0 bridgehead atoms. The summed E-state index contributed by atoms with van der Waals surface area (Å²) in [6, 6.07) is 6.80. The molecule has 1 fully saturated rings. The first-order valence-corrected chi connectivity index (χ1v) is 7.66. The van der Waals surface area contributed by atoms with Crippen molar-refractivity contribution in [3.05, 3.63) is 41.3 Å². The molecular formula is C15H17FN2OS. The van der Waals surface area contributed by atoms with Gasteiger partial charge in [-0.15, -0.1) is 11.3 Å². The lowest BCUT2D eigenvalue weighted by Crippen LogP contribution is -2.25. The van der Waals surface area contributed by atoms with E-state index in [1.54, 1.807) is 18.3 Å². The van der Waals surface area contributed by atoms with Gasteiger partial charge in [-0.25, -0.2) is 9.37 Å². The molecule has 1 aliphatic rings. The van der Waals surface area contributed by atoms with Gasteiger partial charge in [-0.1, -0.05) is 18.2 Å². The molecule has 2 aromatic rings. The van der Waals surface area contributed by atoms with Gasteiger partial charge in [0.25, 0.3) is 0 Å². The average Bonchev–Trinajstić information content (AvgIpc) is 3.11. The van der Waals surface area contributed by atoms with Crippen molar-refractivity contribution >= 4 is 11.3 Å². The third-order valence-corrected chi connectivity index (χ3v) is 4.40. The Balaban J connectivity index is 1.58. The quantitative estimate of drug-likeness (QED) is 0.919. The number of hydrogen-bond donors (Lipinski definition) is 1. The van der Waals surface area contributed by atoms with Gasteiger partial charge in [0.15, 0.2) is 0 Å². The molecule has 1 aromatic carbocycles. The van der Waals surface area contributed by atoms with Crippen molar-refractivity contribution in [2.45, 2.75) is 25.5 Å². The van der Waals surface area contributed by atoms with Gasteiger partial charge in [0.1, 0.15) is 10.8 Å². The summed E-state index contributed by atoms with van der Waals surface area (Å²) in [6.45, 7) is 2.44. The van der Waals surface area contributed by atoms with Crippen LogP contribution in [0.5, 0.6) is 0 Å². The molecular weight excluding hydrogens is 275 g/mol. The molecule has 5 heteroatoms. The molecule has 0 amide bonds. The maximum atomic E-state index is 13.7. The van der Waals surface area contributed by atoms with Crippen molar-refractivity contribution in [1.82, 2.24) is 10.3 Å². The summed E-state index contributed by atoms with van der Waals surface area (Å²) in [5, 5.41) is 4.33. The number of halogens is 1. The summed E-state index contributed by atoms with van der Waals surface area (Å²) in [5.74, 6) is -0.199. The molecule has 0 aliphatic carbocycles. The topological polar surface area (TPSA) is 34.2 Å². The first kappa shape index (κ1) is 13.7. The van der Waals surface area contributed by atoms with Crippen LogP contribution in [0, 0.1) is 5.82 Å². The summed E-state index contributed by atoms with van der Waals surface area (Å²) in [5.41, 5.74) is 0.621. The van der Waals surface area contributed by atoms with Gasteiger partial charge >= 0.3 is 0 Å². The lowest BCUT2D eigenvalue weighted by atomic mass is 10.2. The summed E-state index contributed by atoms with van der Waals surface area (Å²) in [6.07, 6.45) is 4.36. The van der Waals surface area contributed by atoms with E-state index in [1.807, 2.05) is 6.07 Å². The zero-order valence-electron chi connectivity index (χ0n) is 11.1. The predicted molar refractivity (Wildman–Crippen MR) is 78.2 cm³/mol.